The van der Waals surface area contributed by atoms with E-state index >= 15 is 0 Å². The van der Waals surface area contributed by atoms with E-state index in [-0.39, 0.29) is 0 Å². The van der Waals surface area contributed by atoms with Gasteiger partial charge in [-0.2, -0.15) is 0 Å². The first-order valence-corrected chi connectivity index (χ1v) is 12.1. The van der Waals surface area contributed by atoms with E-state index in [1.54, 1.807) is 6.20 Å². The van der Waals surface area contributed by atoms with Crippen LogP contribution in [-0.4, -0.2) is 81.9 Å². The highest BCUT2D eigenvalue weighted by atomic mass is 16.5. The fourth-order valence-electron chi connectivity index (χ4n) is 4.97. The highest BCUT2D eigenvalue weighted by molar-refractivity contribution is 5.77. The van der Waals surface area contributed by atoms with Gasteiger partial charge in [-0.25, -0.2) is 9.97 Å². The molecule has 0 amide bonds. The van der Waals surface area contributed by atoms with Gasteiger partial charge in [-0.15, -0.1) is 10.2 Å². The smallest absolute Gasteiger partial charge is 0.181 e. The van der Waals surface area contributed by atoms with Crippen LogP contribution in [0.25, 0.3) is 28.1 Å². The third-order valence-electron chi connectivity index (χ3n) is 7.04. The lowest BCUT2D eigenvalue weighted by Gasteiger charge is -2.33. The number of rotatable bonds is 5. The molecule has 0 radical (unpaired) electrons. The van der Waals surface area contributed by atoms with Gasteiger partial charge in [-0.05, 0) is 44.2 Å². The zero-order chi connectivity index (χ0) is 22.9. The fourth-order valence-corrected chi connectivity index (χ4v) is 4.97. The molecule has 0 bridgehead atoms. The normalized spacial score (nSPS) is 18.2. The number of hydrogen-bond acceptors (Lipinski definition) is 8. The molecule has 2 fully saturated rings. The Balaban J connectivity index is 1.30. The number of aromatic nitrogens is 5. The van der Waals surface area contributed by atoms with Crippen molar-refractivity contribution in [3.8, 4) is 11.3 Å². The highest BCUT2D eigenvalue weighted by Crippen LogP contribution is 2.26. The summed E-state index contributed by atoms with van der Waals surface area (Å²) in [5.41, 5.74) is 5.64. The molecule has 0 atom stereocenters. The van der Waals surface area contributed by atoms with Crippen LogP contribution in [0, 0.1) is 0 Å². The fraction of sp³-hybridized carbons (Fsp3) is 0.440. The summed E-state index contributed by atoms with van der Waals surface area (Å²) < 4.78 is 7.53. The van der Waals surface area contributed by atoms with Crippen molar-refractivity contribution >= 4 is 22.5 Å². The van der Waals surface area contributed by atoms with E-state index in [1.807, 2.05) is 16.5 Å². The Kier molecular flexibility index (Phi) is 5.82. The average Bonchev–Trinajstić information content (AvgIpc) is 3.32. The first-order chi connectivity index (χ1) is 16.8. The highest BCUT2D eigenvalue weighted by Gasteiger charge is 2.19. The molecule has 1 N–H and O–H groups in total. The van der Waals surface area contributed by atoms with E-state index < -0.39 is 0 Å². The lowest BCUT2D eigenvalue weighted by atomic mass is 10.0. The SMILES string of the molecule is CNC1CCN(c2ccc(-c3ccc4ncc5nnc(CN6CCOCC6)n5c4n3)cc2)CC1. The van der Waals surface area contributed by atoms with E-state index in [1.165, 1.54) is 18.5 Å². The molecule has 34 heavy (non-hydrogen) atoms. The third-order valence-corrected chi connectivity index (χ3v) is 7.04. The van der Waals surface area contributed by atoms with Gasteiger partial charge in [0.1, 0.15) is 5.52 Å². The Morgan fingerprint density at radius 2 is 1.76 bits per heavy atom. The second-order valence-corrected chi connectivity index (χ2v) is 9.09. The van der Waals surface area contributed by atoms with Crippen molar-refractivity contribution in [2.45, 2.75) is 25.4 Å². The van der Waals surface area contributed by atoms with E-state index in [2.05, 4.69) is 61.6 Å². The molecule has 2 saturated heterocycles. The molecule has 2 aliphatic rings. The van der Waals surface area contributed by atoms with Crippen molar-refractivity contribution in [2.75, 3.05) is 51.3 Å². The number of ether oxygens (including phenoxy) is 1. The van der Waals surface area contributed by atoms with Gasteiger partial charge < -0.3 is 15.0 Å². The molecule has 0 spiro atoms. The van der Waals surface area contributed by atoms with Crippen LogP contribution in [0.2, 0.25) is 0 Å². The summed E-state index contributed by atoms with van der Waals surface area (Å²) in [6.07, 6.45) is 4.13. The molecule has 176 valence electrons. The van der Waals surface area contributed by atoms with Gasteiger partial charge in [-0.3, -0.25) is 9.30 Å². The maximum Gasteiger partial charge on any atom is 0.181 e. The number of benzene rings is 1. The Bertz CT molecular complexity index is 1270. The van der Waals surface area contributed by atoms with Crippen molar-refractivity contribution in [1.29, 1.82) is 0 Å². The van der Waals surface area contributed by atoms with Crippen LogP contribution in [0.15, 0.2) is 42.6 Å². The monoisotopic (exact) mass is 458 g/mol. The first-order valence-electron chi connectivity index (χ1n) is 12.1. The van der Waals surface area contributed by atoms with Crippen molar-refractivity contribution in [1.82, 2.24) is 34.8 Å². The van der Waals surface area contributed by atoms with Gasteiger partial charge in [0, 0.05) is 43.5 Å². The number of fused-ring (bicyclic) bond motifs is 3. The molecule has 0 unspecified atom stereocenters. The molecule has 0 saturated carbocycles. The minimum absolute atomic E-state index is 0.633. The zero-order valence-corrected chi connectivity index (χ0v) is 19.5. The molecule has 9 nitrogen and oxygen atoms in total. The van der Waals surface area contributed by atoms with Crippen molar-refractivity contribution in [2.24, 2.45) is 0 Å². The van der Waals surface area contributed by atoms with Gasteiger partial charge >= 0.3 is 0 Å². The molecule has 2 aliphatic heterocycles. The van der Waals surface area contributed by atoms with Crippen LogP contribution >= 0.6 is 0 Å². The molecular weight excluding hydrogens is 428 g/mol. The van der Waals surface area contributed by atoms with Crippen LogP contribution < -0.4 is 10.2 Å². The number of pyridine rings is 1. The first kappa shape index (κ1) is 21.4. The van der Waals surface area contributed by atoms with Crippen molar-refractivity contribution in [3.63, 3.8) is 0 Å². The van der Waals surface area contributed by atoms with Gasteiger partial charge in [0.25, 0.3) is 0 Å². The lowest BCUT2D eigenvalue weighted by molar-refractivity contribution is 0.0329. The number of anilines is 1. The second kappa shape index (κ2) is 9.25. The van der Waals surface area contributed by atoms with E-state index in [4.69, 9.17) is 9.72 Å². The summed E-state index contributed by atoms with van der Waals surface area (Å²) in [7, 11) is 2.06. The topological polar surface area (TPSA) is 83.7 Å². The van der Waals surface area contributed by atoms with Crippen LogP contribution in [-0.2, 0) is 11.3 Å². The molecular formula is C25H30N8O. The summed E-state index contributed by atoms with van der Waals surface area (Å²) >= 11 is 0. The summed E-state index contributed by atoms with van der Waals surface area (Å²) in [4.78, 5) is 14.4. The number of morpholine rings is 1. The van der Waals surface area contributed by atoms with Gasteiger partial charge in [0.05, 0.1) is 31.6 Å². The Morgan fingerprint density at radius 1 is 0.971 bits per heavy atom. The standard InChI is InChI=1S/C25H30N8O/c1-26-19-8-10-32(11-9-19)20-4-2-18(3-5-20)21-6-7-22-25(28-21)33-23(16-27-22)29-30-24(33)17-31-12-14-34-15-13-31/h2-7,16,19,26H,8-15,17H2,1H3. The minimum atomic E-state index is 0.633. The Morgan fingerprint density at radius 3 is 2.53 bits per heavy atom. The minimum Gasteiger partial charge on any atom is -0.379 e. The molecule has 1 aromatic carbocycles. The number of nitrogens with one attached hydrogen (secondary N) is 1. The van der Waals surface area contributed by atoms with Crippen molar-refractivity contribution < 1.29 is 4.74 Å². The quantitative estimate of drug-likeness (QED) is 0.488. The summed E-state index contributed by atoms with van der Waals surface area (Å²) in [5, 5.41) is 12.2. The predicted octanol–water partition coefficient (Wildman–Crippen LogP) is 2.36. The molecule has 5 heterocycles. The zero-order valence-electron chi connectivity index (χ0n) is 19.5. The van der Waals surface area contributed by atoms with Gasteiger partial charge in [-0.1, -0.05) is 12.1 Å². The molecule has 6 rings (SSSR count). The van der Waals surface area contributed by atoms with Gasteiger partial charge in [0.15, 0.2) is 17.1 Å². The number of piperidine rings is 1. The van der Waals surface area contributed by atoms with E-state index in [9.17, 15) is 0 Å². The largest absolute Gasteiger partial charge is 0.379 e. The lowest BCUT2D eigenvalue weighted by Crippen LogP contribution is -2.41. The summed E-state index contributed by atoms with van der Waals surface area (Å²) in [6.45, 7) is 6.19. The molecule has 4 aromatic rings. The van der Waals surface area contributed by atoms with Crippen LogP contribution in [0.3, 0.4) is 0 Å². The van der Waals surface area contributed by atoms with Crippen LogP contribution in [0.4, 0.5) is 5.69 Å². The Hall–Kier alpha value is -3.14. The molecule has 9 heteroatoms. The number of hydrogen-bond donors (Lipinski definition) is 1. The Labute approximate surface area is 198 Å². The maximum atomic E-state index is 5.49. The van der Waals surface area contributed by atoms with E-state index in [0.29, 0.717) is 12.6 Å². The number of nitrogens with zero attached hydrogens (tertiary/aromatic N) is 7. The molecule has 0 aliphatic carbocycles. The predicted molar refractivity (Wildman–Crippen MR) is 132 cm³/mol. The second-order valence-electron chi connectivity index (χ2n) is 9.09. The van der Waals surface area contributed by atoms with Crippen LogP contribution in [0.5, 0.6) is 0 Å². The average molecular weight is 459 g/mol. The van der Waals surface area contributed by atoms with Crippen LogP contribution in [0.1, 0.15) is 18.7 Å². The van der Waals surface area contributed by atoms with Gasteiger partial charge in [0.2, 0.25) is 0 Å². The van der Waals surface area contributed by atoms with E-state index in [0.717, 1.165) is 73.3 Å². The maximum absolute atomic E-state index is 5.49. The molecule has 3 aromatic heterocycles. The summed E-state index contributed by atoms with van der Waals surface area (Å²) in [5.74, 6) is 0.884. The summed E-state index contributed by atoms with van der Waals surface area (Å²) in [6, 6.07) is 13.5. The van der Waals surface area contributed by atoms with Crippen molar-refractivity contribution in [3.05, 3.63) is 48.4 Å². The third kappa shape index (κ3) is 4.11.